The molecule has 2 unspecified atom stereocenters. The lowest BCUT2D eigenvalue weighted by Crippen LogP contribution is -2.46. The summed E-state index contributed by atoms with van der Waals surface area (Å²) in [7, 11) is 1.56. The molecule has 0 aromatic carbocycles. The van der Waals surface area contributed by atoms with Crippen molar-refractivity contribution in [3.8, 4) is 0 Å². The Labute approximate surface area is 109 Å². The monoisotopic (exact) mass is 258 g/mol. The fourth-order valence-electron chi connectivity index (χ4n) is 2.46. The van der Waals surface area contributed by atoms with Gasteiger partial charge in [0.1, 0.15) is 0 Å². The minimum Gasteiger partial charge on any atom is -0.391 e. The average molecular weight is 258 g/mol. The number of hydrogen-bond donors (Lipinski definition) is 3. The van der Waals surface area contributed by atoms with E-state index in [1.807, 2.05) is 0 Å². The van der Waals surface area contributed by atoms with Crippen LogP contribution in [-0.2, 0) is 9.53 Å². The molecule has 5 heteroatoms. The third-order valence-corrected chi connectivity index (χ3v) is 3.87. The minimum absolute atomic E-state index is 0.104. The Morgan fingerprint density at radius 3 is 2.78 bits per heavy atom. The van der Waals surface area contributed by atoms with Crippen molar-refractivity contribution in [3.63, 3.8) is 0 Å². The summed E-state index contributed by atoms with van der Waals surface area (Å²) in [6.45, 7) is 6.64. The first-order valence-corrected chi connectivity index (χ1v) is 6.69. The molecular weight excluding hydrogens is 232 g/mol. The summed E-state index contributed by atoms with van der Waals surface area (Å²) >= 11 is 0. The molecule has 0 bridgehead atoms. The summed E-state index contributed by atoms with van der Waals surface area (Å²) < 4.78 is 4.85. The van der Waals surface area contributed by atoms with E-state index in [4.69, 9.17) is 4.74 Å². The fourth-order valence-corrected chi connectivity index (χ4v) is 2.46. The van der Waals surface area contributed by atoms with Crippen LogP contribution in [0.1, 0.15) is 26.7 Å². The van der Waals surface area contributed by atoms with E-state index < -0.39 is 6.10 Å². The SMILES string of the molecule is COCC(O)CCNC(=O)C1(C(C)C)CCNC1. The molecule has 1 aliphatic rings. The largest absolute Gasteiger partial charge is 0.391 e. The summed E-state index contributed by atoms with van der Waals surface area (Å²) in [5.74, 6) is 0.420. The van der Waals surface area contributed by atoms with Crippen molar-refractivity contribution in [2.75, 3.05) is 33.4 Å². The summed E-state index contributed by atoms with van der Waals surface area (Å²) in [6.07, 6.45) is 0.908. The van der Waals surface area contributed by atoms with Gasteiger partial charge in [-0.3, -0.25) is 4.79 Å². The van der Waals surface area contributed by atoms with Crippen LogP contribution < -0.4 is 10.6 Å². The van der Waals surface area contributed by atoms with E-state index in [1.54, 1.807) is 7.11 Å². The number of amides is 1. The van der Waals surface area contributed by atoms with Gasteiger partial charge in [0.2, 0.25) is 5.91 Å². The van der Waals surface area contributed by atoms with Crippen molar-refractivity contribution >= 4 is 5.91 Å². The first-order valence-electron chi connectivity index (χ1n) is 6.69. The van der Waals surface area contributed by atoms with E-state index in [2.05, 4.69) is 24.5 Å². The Bertz CT molecular complexity index is 263. The van der Waals surface area contributed by atoms with Crippen molar-refractivity contribution in [1.82, 2.24) is 10.6 Å². The number of nitrogens with one attached hydrogen (secondary N) is 2. The van der Waals surface area contributed by atoms with E-state index in [1.165, 1.54) is 0 Å². The molecule has 1 heterocycles. The molecule has 106 valence electrons. The van der Waals surface area contributed by atoms with Crippen LogP contribution in [0.5, 0.6) is 0 Å². The molecule has 1 saturated heterocycles. The summed E-state index contributed by atoms with van der Waals surface area (Å²) in [5.41, 5.74) is -0.286. The van der Waals surface area contributed by atoms with Crippen molar-refractivity contribution < 1.29 is 14.6 Å². The molecule has 1 aliphatic heterocycles. The van der Waals surface area contributed by atoms with Crippen LogP contribution in [-0.4, -0.2) is 50.5 Å². The highest BCUT2D eigenvalue weighted by Gasteiger charge is 2.43. The summed E-state index contributed by atoms with van der Waals surface area (Å²) in [4.78, 5) is 12.3. The van der Waals surface area contributed by atoms with Gasteiger partial charge in [0, 0.05) is 20.2 Å². The second kappa shape index (κ2) is 7.07. The Hall–Kier alpha value is -0.650. The standard InChI is InChI=1S/C13H26N2O3/c1-10(2)13(5-7-14-9-13)12(17)15-6-4-11(16)8-18-3/h10-11,14,16H,4-9H2,1-3H3,(H,15,17). The summed E-state index contributed by atoms with van der Waals surface area (Å²) in [5, 5.41) is 15.7. The highest BCUT2D eigenvalue weighted by atomic mass is 16.5. The normalized spacial score (nSPS) is 25.4. The second-order valence-electron chi connectivity index (χ2n) is 5.39. The number of ether oxygens (including phenoxy) is 1. The molecule has 5 nitrogen and oxygen atoms in total. The summed E-state index contributed by atoms with van der Waals surface area (Å²) in [6, 6.07) is 0. The molecule has 1 rings (SSSR count). The van der Waals surface area contributed by atoms with Gasteiger partial charge in [-0.25, -0.2) is 0 Å². The van der Waals surface area contributed by atoms with Crippen LogP contribution in [0, 0.1) is 11.3 Å². The number of carbonyl (C=O) groups is 1. The Kier molecular flexibility index (Phi) is 6.05. The molecule has 1 fully saturated rings. The number of carbonyl (C=O) groups excluding carboxylic acids is 1. The van der Waals surface area contributed by atoms with Crippen LogP contribution in [0.2, 0.25) is 0 Å². The van der Waals surface area contributed by atoms with E-state index in [-0.39, 0.29) is 11.3 Å². The van der Waals surface area contributed by atoms with Crippen LogP contribution in [0.15, 0.2) is 0 Å². The third kappa shape index (κ3) is 3.67. The van der Waals surface area contributed by atoms with E-state index in [0.717, 1.165) is 19.5 Å². The van der Waals surface area contributed by atoms with Gasteiger partial charge in [-0.05, 0) is 25.3 Å². The van der Waals surface area contributed by atoms with Gasteiger partial charge in [0.15, 0.2) is 0 Å². The zero-order valence-corrected chi connectivity index (χ0v) is 11.7. The lowest BCUT2D eigenvalue weighted by molar-refractivity contribution is -0.132. The van der Waals surface area contributed by atoms with E-state index >= 15 is 0 Å². The van der Waals surface area contributed by atoms with Gasteiger partial charge in [-0.2, -0.15) is 0 Å². The van der Waals surface area contributed by atoms with Crippen molar-refractivity contribution in [3.05, 3.63) is 0 Å². The quantitative estimate of drug-likeness (QED) is 0.607. The fraction of sp³-hybridized carbons (Fsp3) is 0.923. The predicted octanol–water partition coefficient (Wildman–Crippen LogP) is 0.136. The first kappa shape index (κ1) is 15.4. The molecule has 0 radical (unpaired) electrons. The maximum atomic E-state index is 12.3. The van der Waals surface area contributed by atoms with Crippen LogP contribution in [0.25, 0.3) is 0 Å². The molecule has 1 amide bonds. The van der Waals surface area contributed by atoms with Crippen LogP contribution in [0.4, 0.5) is 0 Å². The minimum atomic E-state index is -0.507. The van der Waals surface area contributed by atoms with E-state index in [0.29, 0.717) is 25.5 Å². The molecule has 0 aromatic heterocycles. The topological polar surface area (TPSA) is 70.6 Å². The highest BCUT2D eigenvalue weighted by Crippen LogP contribution is 2.34. The van der Waals surface area contributed by atoms with Crippen molar-refractivity contribution in [1.29, 1.82) is 0 Å². The predicted molar refractivity (Wildman–Crippen MR) is 70.3 cm³/mol. The van der Waals surface area contributed by atoms with Crippen molar-refractivity contribution in [2.45, 2.75) is 32.8 Å². The van der Waals surface area contributed by atoms with Gasteiger partial charge in [-0.15, -0.1) is 0 Å². The lowest BCUT2D eigenvalue weighted by Gasteiger charge is -2.31. The van der Waals surface area contributed by atoms with Gasteiger partial charge < -0.3 is 20.5 Å². The zero-order chi connectivity index (χ0) is 13.6. The van der Waals surface area contributed by atoms with Crippen LogP contribution in [0.3, 0.4) is 0 Å². The molecule has 0 aliphatic carbocycles. The van der Waals surface area contributed by atoms with E-state index in [9.17, 15) is 9.90 Å². The van der Waals surface area contributed by atoms with Gasteiger partial charge >= 0.3 is 0 Å². The molecule has 0 aromatic rings. The first-order chi connectivity index (χ1) is 8.53. The number of rotatable bonds is 7. The maximum absolute atomic E-state index is 12.3. The second-order valence-corrected chi connectivity index (χ2v) is 5.39. The highest BCUT2D eigenvalue weighted by molar-refractivity contribution is 5.83. The molecular formula is C13H26N2O3. The molecule has 3 N–H and O–H groups in total. The van der Waals surface area contributed by atoms with Gasteiger partial charge in [0.25, 0.3) is 0 Å². The molecule has 0 saturated carbocycles. The number of aliphatic hydroxyl groups is 1. The molecule has 0 spiro atoms. The zero-order valence-electron chi connectivity index (χ0n) is 11.7. The Balaban J connectivity index is 2.39. The molecule has 18 heavy (non-hydrogen) atoms. The molecule has 2 atom stereocenters. The number of hydrogen-bond acceptors (Lipinski definition) is 4. The third-order valence-electron chi connectivity index (χ3n) is 3.87. The Morgan fingerprint density at radius 2 is 2.28 bits per heavy atom. The maximum Gasteiger partial charge on any atom is 0.227 e. The lowest BCUT2D eigenvalue weighted by atomic mass is 9.75. The number of methoxy groups -OCH3 is 1. The average Bonchev–Trinajstić information content (AvgIpc) is 2.79. The van der Waals surface area contributed by atoms with Crippen LogP contribution >= 0.6 is 0 Å². The Morgan fingerprint density at radius 1 is 1.56 bits per heavy atom. The van der Waals surface area contributed by atoms with Gasteiger partial charge in [-0.1, -0.05) is 13.8 Å². The van der Waals surface area contributed by atoms with Gasteiger partial charge in [0.05, 0.1) is 18.1 Å². The number of aliphatic hydroxyl groups excluding tert-OH is 1. The van der Waals surface area contributed by atoms with Crippen molar-refractivity contribution in [2.24, 2.45) is 11.3 Å². The smallest absolute Gasteiger partial charge is 0.227 e.